The third kappa shape index (κ3) is 5.61. The molecule has 0 saturated carbocycles. The summed E-state index contributed by atoms with van der Waals surface area (Å²) in [6, 6.07) is 5.16. The minimum atomic E-state index is -4.58. The minimum absolute atomic E-state index is 0.0943. The highest BCUT2D eigenvalue weighted by atomic mass is 35.5. The fourth-order valence-electron chi connectivity index (χ4n) is 5.19. The standard InChI is InChI=1S/C27H26ClF3N6O4/c1-26(2)40-14-19(41-26)13-39-22-8-17(3-5-33-22)34-25(38)37-18-4-6-36(12-18)21-9-20(28)23(35-24(21)37)15-7-16(11-32-10-15)27(29,30)31/h3,5,7-11,18-19H,4,6,12-14H2,1-2H3,(H,33,34,38)/t18?,19-/m1/s1. The van der Waals surface area contributed by atoms with Crippen LogP contribution in [0, 0.1) is 0 Å². The molecule has 3 aromatic heterocycles. The molecular formula is C27H26ClF3N6O4. The van der Waals surface area contributed by atoms with Gasteiger partial charge in [-0.3, -0.25) is 9.88 Å². The molecular weight excluding hydrogens is 565 g/mol. The first-order chi connectivity index (χ1) is 19.5. The van der Waals surface area contributed by atoms with Crippen molar-refractivity contribution >= 4 is 34.8 Å². The number of fused-ring (bicyclic) bond motifs is 4. The lowest BCUT2D eigenvalue weighted by molar-refractivity contribution is -0.141. The van der Waals surface area contributed by atoms with Gasteiger partial charge in [0.1, 0.15) is 12.7 Å². The number of aromatic nitrogens is 3. The monoisotopic (exact) mass is 590 g/mol. The summed E-state index contributed by atoms with van der Waals surface area (Å²) in [4.78, 5) is 29.8. The van der Waals surface area contributed by atoms with E-state index in [0.717, 1.165) is 12.3 Å². The second kappa shape index (κ2) is 10.3. The van der Waals surface area contributed by atoms with Crippen LogP contribution in [0.25, 0.3) is 11.3 Å². The van der Waals surface area contributed by atoms with Crippen molar-refractivity contribution in [2.75, 3.05) is 41.4 Å². The molecule has 41 heavy (non-hydrogen) atoms. The van der Waals surface area contributed by atoms with Gasteiger partial charge in [-0.2, -0.15) is 13.2 Å². The second-order valence-corrected chi connectivity index (χ2v) is 10.9. The van der Waals surface area contributed by atoms with Crippen LogP contribution in [0.4, 0.5) is 35.2 Å². The minimum Gasteiger partial charge on any atom is -0.475 e. The largest absolute Gasteiger partial charge is 0.475 e. The third-order valence-electron chi connectivity index (χ3n) is 7.06. The zero-order valence-corrected chi connectivity index (χ0v) is 22.9. The van der Waals surface area contributed by atoms with Crippen molar-refractivity contribution in [2.45, 2.75) is 44.4 Å². The summed E-state index contributed by atoms with van der Waals surface area (Å²) in [5, 5.41) is 3.04. The average Bonchev–Trinajstić information content (AvgIpc) is 3.50. The van der Waals surface area contributed by atoms with Crippen molar-refractivity contribution in [3.05, 3.63) is 53.4 Å². The van der Waals surface area contributed by atoms with Gasteiger partial charge in [-0.25, -0.2) is 14.8 Å². The fraction of sp³-hybridized carbons (Fsp3) is 0.407. The van der Waals surface area contributed by atoms with Crippen molar-refractivity contribution in [3.63, 3.8) is 0 Å². The Morgan fingerprint density at radius 1 is 1.27 bits per heavy atom. The summed E-state index contributed by atoms with van der Waals surface area (Å²) < 4.78 is 57.1. The number of urea groups is 1. The zero-order valence-electron chi connectivity index (χ0n) is 22.1. The van der Waals surface area contributed by atoms with Crippen molar-refractivity contribution in [1.29, 1.82) is 0 Å². The molecule has 10 nitrogen and oxygen atoms in total. The van der Waals surface area contributed by atoms with Crippen LogP contribution in [0.5, 0.6) is 5.88 Å². The number of anilines is 3. The van der Waals surface area contributed by atoms with E-state index in [1.807, 2.05) is 13.8 Å². The summed E-state index contributed by atoms with van der Waals surface area (Å²) in [7, 11) is 0. The van der Waals surface area contributed by atoms with E-state index in [2.05, 4.69) is 25.2 Å². The predicted molar refractivity (Wildman–Crippen MR) is 144 cm³/mol. The Morgan fingerprint density at radius 3 is 2.85 bits per heavy atom. The number of halogens is 4. The number of alkyl halides is 3. The van der Waals surface area contributed by atoms with Crippen molar-refractivity contribution in [1.82, 2.24) is 15.0 Å². The van der Waals surface area contributed by atoms with Gasteiger partial charge in [0, 0.05) is 49.0 Å². The molecule has 216 valence electrons. The molecule has 3 aliphatic heterocycles. The number of pyridine rings is 3. The quantitative estimate of drug-likeness (QED) is 0.423. The molecule has 0 radical (unpaired) electrons. The van der Waals surface area contributed by atoms with Crippen LogP contribution in [0.1, 0.15) is 25.8 Å². The highest BCUT2D eigenvalue weighted by Gasteiger charge is 2.41. The molecule has 3 aliphatic rings. The summed E-state index contributed by atoms with van der Waals surface area (Å²) in [5.74, 6) is -0.0702. The van der Waals surface area contributed by atoms with Gasteiger partial charge in [0.05, 0.1) is 34.6 Å². The smallest absolute Gasteiger partial charge is 0.417 e. The second-order valence-electron chi connectivity index (χ2n) is 10.5. The summed E-state index contributed by atoms with van der Waals surface area (Å²) in [5.41, 5.74) is 0.350. The SMILES string of the molecule is CC1(C)OC[C@@H](COc2cc(NC(=O)N3c4nc(-c5cncc(C(F)(F)F)c5)c(Cl)cc4N4CCC3C4)ccn2)O1. The molecule has 14 heteroatoms. The van der Waals surface area contributed by atoms with Gasteiger partial charge in [0.25, 0.3) is 0 Å². The number of nitrogens with zero attached hydrogens (tertiary/aromatic N) is 5. The number of hydrogen-bond donors (Lipinski definition) is 1. The molecule has 6 rings (SSSR count). The first-order valence-corrected chi connectivity index (χ1v) is 13.3. The zero-order chi connectivity index (χ0) is 28.9. The van der Waals surface area contributed by atoms with Crippen LogP contribution < -0.4 is 19.9 Å². The van der Waals surface area contributed by atoms with E-state index in [0.29, 0.717) is 49.2 Å². The van der Waals surface area contributed by atoms with Gasteiger partial charge in [-0.1, -0.05) is 11.6 Å². The van der Waals surface area contributed by atoms with Gasteiger partial charge in [0.15, 0.2) is 11.6 Å². The number of ether oxygens (including phenoxy) is 3. The first kappa shape index (κ1) is 27.5. The van der Waals surface area contributed by atoms with Gasteiger partial charge in [-0.05, 0) is 38.5 Å². The predicted octanol–water partition coefficient (Wildman–Crippen LogP) is 5.37. The van der Waals surface area contributed by atoms with E-state index < -0.39 is 23.6 Å². The Bertz CT molecular complexity index is 1490. The molecule has 0 aliphatic carbocycles. The normalized spacial score (nSPS) is 21.1. The molecule has 1 N–H and O–H groups in total. The Balaban J connectivity index is 1.25. The van der Waals surface area contributed by atoms with E-state index >= 15 is 0 Å². The lowest BCUT2D eigenvalue weighted by Gasteiger charge is -2.36. The van der Waals surface area contributed by atoms with Crippen molar-refractivity contribution in [2.24, 2.45) is 0 Å². The van der Waals surface area contributed by atoms with Gasteiger partial charge < -0.3 is 24.4 Å². The van der Waals surface area contributed by atoms with Gasteiger partial charge in [-0.15, -0.1) is 0 Å². The maximum Gasteiger partial charge on any atom is 0.417 e. The Kier molecular flexibility index (Phi) is 6.91. The molecule has 2 saturated heterocycles. The van der Waals surface area contributed by atoms with Crippen LogP contribution in [0.15, 0.2) is 42.9 Å². The molecule has 0 aromatic carbocycles. The van der Waals surface area contributed by atoms with E-state index in [1.54, 1.807) is 18.2 Å². The number of rotatable bonds is 5. The number of carbonyl (C=O) groups excluding carboxylic acids is 1. The summed E-state index contributed by atoms with van der Waals surface area (Å²) in [6.45, 7) is 5.53. The Labute approximate surface area is 238 Å². The molecule has 6 heterocycles. The molecule has 2 fully saturated rings. The maximum atomic E-state index is 13.7. The van der Waals surface area contributed by atoms with Crippen LogP contribution >= 0.6 is 11.6 Å². The number of hydrogen-bond acceptors (Lipinski definition) is 8. The van der Waals surface area contributed by atoms with Crippen LogP contribution in [0.2, 0.25) is 5.02 Å². The van der Waals surface area contributed by atoms with Crippen LogP contribution in [-0.4, -0.2) is 65.2 Å². The van der Waals surface area contributed by atoms with Crippen molar-refractivity contribution < 1.29 is 32.2 Å². The van der Waals surface area contributed by atoms with Crippen molar-refractivity contribution in [3.8, 4) is 17.1 Å². The molecule has 2 bridgehead atoms. The molecule has 3 aromatic rings. The first-order valence-electron chi connectivity index (χ1n) is 13.0. The van der Waals surface area contributed by atoms with E-state index in [9.17, 15) is 18.0 Å². The number of carbonyl (C=O) groups is 1. The highest BCUT2D eigenvalue weighted by molar-refractivity contribution is 6.33. The van der Waals surface area contributed by atoms with Gasteiger partial charge in [0.2, 0.25) is 5.88 Å². The maximum absolute atomic E-state index is 13.7. The summed E-state index contributed by atoms with van der Waals surface area (Å²) in [6.07, 6.45) is -0.628. The van der Waals surface area contributed by atoms with E-state index in [4.69, 9.17) is 25.8 Å². The topological polar surface area (TPSA) is 102 Å². The van der Waals surface area contributed by atoms with Gasteiger partial charge >= 0.3 is 12.2 Å². The average molecular weight is 591 g/mol. The lowest BCUT2D eigenvalue weighted by Crippen LogP contribution is -2.48. The summed E-state index contributed by atoms with van der Waals surface area (Å²) >= 11 is 6.51. The fourth-order valence-corrected chi connectivity index (χ4v) is 5.44. The number of amides is 2. The third-order valence-corrected chi connectivity index (χ3v) is 7.35. The van der Waals surface area contributed by atoms with E-state index in [1.165, 1.54) is 17.3 Å². The molecule has 2 amide bonds. The van der Waals surface area contributed by atoms with E-state index in [-0.39, 0.29) is 35.0 Å². The molecule has 0 spiro atoms. The van der Waals surface area contributed by atoms with Crippen LogP contribution in [0.3, 0.4) is 0 Å². The number of nitrogens with one attached hydrogen (secondary N) is 1. The highest BCUT2D eigenvalue weighted by Crippen LogP contribution is 2.43. The molecule has 1 unspecified atom stereocenters. The molecule has 2 atom stereocenters. The lowest BCUT2D eigenvalue weighted by atomic mass is 10.1. The van der Waals surface area contributed by atoms with Crippen LogP contribution in [-0.2, 0) is 15.7 Å². The Hall–Kier alpha value is -3.68. The Morgan fingerprint density at radius 2 is 2.10 bits per heavy atom.